The lowest BCUT2D eigenvalue weighted by Gasteiger charge is -2.14. The number of furan rings is 1. The number of rotatable bonds is 7. The minimum Gasteiger partial charge on any atom is -0.459 e. The Labute approximate surface area is 112 Å². The molecule has 4 heteroatoms. The summed E-state index contributed by atoms with van der Waals surface area (Å²) in [7, 11) is 1.70. The Morgan fingerprint density at radius 2 is 2.21 bits per heavy atom. The van der Waals surface area contributed by atoms with E-state index in [1.807, 2.05) is 6.07 Å². The van der Waals surface area contributed by atoms with Crippen LogP contribution >= 0.6 is 0 Å². The molecular formula is C15H20FNO2. The molecule has 3 nitrogen and oxygen atoms in total. The molecule has 1 atom stereocenters. The first-order valence-electron chi connectivity index (χ1n) is 6.66. The van der Waals surface area contributed by atoms with Gasteiger partial charge in [0.05, 0.1) is 6.04 Å². The Bertz CT molecular complexity index is 524. The Hall–Kier alpha value is -1.39. The van der Waals surface area contributed by atoms with E-state index in [0.717, 1.165) is 42.7 Å². The monoisotopic (exact) mass is 265 g/mol. The van der Waals surface area contributed by atoms with Gasteiger partial charge in [0.2, 0.25) is 0 Å². The molecule has 0 saturated heterocycles. The second-order valence-electron chi connectivity index (χ2n) is 4.58. The molecule has 1 aromatic carbocycles. The summed E-state index contributed by atoms with van der Waals surface area (Å²) in [6.07, 6.45) is 1.89. The van der Waals surface area contributed by atoms with Crippen LogP contribution in [0, 0.1) is 5.82 Å². The van der Waals surface area contributed by atoms with Crippen molar-refractivity contribution in [2.24, 2.45) is 0 Å². The van der Waals surface area contributed by atoms with Crippen molar-refractivity contribution in [1.29, 1.82) is 0 Å². The Morgan fingerprint density at radius 3 is 2.95 bits per heavy atom. The van der Waals surface area contributed by atoms with Crippen molar-refractivity contribution in [3.8, 4) is 0 Å². The number of ether oxygens (including phenoxy) is 1. The summed E-state index contributed by atoms with van der Waals surface area (Å²) in [5.74, 6) is 0.623. The van der Waals surface area contributed by atoms with Crippen LogP contribution in [0.15, 0.2) is 28.7 Å². The smallest absolute Gasteiger partial charge is 0.134 e. The summed E-state index contributed by atoms with van der Waals surface area (Å²) in [5, 5.41) is 4.20. The van der Waals surface area contributed by atoms with E-state index in [4.69, 9.17) is 9.15 Å². The minimum absolute atomic E-state index is 0.149. The van der Waals surface area contributed by atoms with Crippen molar-refractivity contribution in [3.63, 3.8) is 0 Å². The molecule has 0 spiro atoms. The van der Waals surface area contributed by atoms with Crippen LogP contribution in [0.1, 0.15) is 31.6 Å². The molecule has 0 saturated carbocycles. The molecule has 0 aliphatic heterocycles. The number of benzene rings is 1. The van der Waals surface area contributed by atoms with Crippen LogP contribution in [0.2, 0.25) is 0 Å². The predicted octanol–water partition coefficient (Wildman–Crippen LogP) is 3.65. The maximum absolute atomic E-state index is 13.2. The first-order chi connectivity index (χ1) is 9.24. The van der Waals surface area contributed by atoms with Gasteiger partial charge < -0.3 is 14.5 Å². The predicted molar refractivity (Wildman–Crippen MR) is 73.7 cm³/mol. The topological polar surface area (TPSA) is 34.4 Å². The number of hydrogen-bond acceptors (Lipinski definition) is 3. The highest BCUT2D eigenvalue weighted by Gasteiger charge is 2.15. The van der Waals surface area contributed by atoms with Gasteiger partial charge in [0.1, 0.15) is 17.2 Å². The van der Waals surface area contributed by atoms with Gasteiger partial charge in [0.25, 0.3) is 0 Å². The van der Waals surface area contributed by atoms with Gasteiger partial charge in [-0.2, -0.15) is 0 Å². The van der Waals surface area contributed by atoms with Crippen molar-refractivity contribution >= 4 is 11.0 Å². The van der Waals surface area contributed by atoms with Crippen molar-refractivity contribution in [2.75, 3.05) is 20.3 Å². The van der Waals surface area contributed by atoms with Gasteiger partial charge in [-0.15, -0.1) is 0 Å². The van der Waals surface area contributed by atoms with Gasteiger partial charge in [0, 0.05) is 19.1 Å². The van der Waals surface area contributed by atoms with E-state index in [2.05, 4.69) is 12.2 Å². The first-order valence-corrected chi connectivity index (χ1v) is 6.66. The summed E-state index contributed by atoms with van der Waals surface area (Å²) < 4.78 is 24.0. The molecule has 2 aromatic rings. The van der Waals surface area contributed by atoms with Gasteiger partial charge in [-0.25, -0.2) is 4.39 Å². The van der Waals surface area contributed by atoms with Gasteiger partial charge in [-0.1, -0.05) is 6.92 Å². The van der Waals surface area contributed by atoms with Crippen LogP contribution in [0.4, 0.5) is 4.39 Å². The van der Waals surface area contributed by atoms with E-state index in [0.29, 0.717) is 0 Å². The lowest BCUT2D eigenvalue weighted by molar-refractivity contribution is 0.187. The normalized spacial score (nSPS) is 13.0. The van der Waals surface area contributed by atoms with E-state index < -0.39 is 0 Å². The van der Waals surface area contributed by atoms with E-state index in [9.17, 15) is 4.39 Å². The summed E-state index contributed by atoms with van der Waals surface area (Å²) in [5.41, 5.74) is 0.728. The van der Waals surface area contributed by atoms with Gasteiger partial charge in [0.15, 0.2) is 0 Å². The van der Waals surface area contributed by atoms with Crippen molar-refractivity contribution < 1.29 is 13.5 Å². The van der Waals surface area contributed by atoms with E-state index >= 15 is 0 Å². The number of fused-ring (bicyclic) bond motifs is 1. The van der Waals surface area contributed by atoms with Gasteiger partial charge in [-0.05, 0) is 43.7 Å². The van der Waals surface area contributed by atoms with E-state index in [1.165, 1.54) is 12.1 Å². The maximum atomic E-state index is 13.2. The minimum atomic E-state index is -0.237. The highest BCUT2D eigenvalue weighted by Crippen LogP contribution is 2.27. The van der Waals surface area contributed by atoms with Gasteiger partial charge in [-0.3, -0.25) is 0 Å². The molecule has 1 unspecified atom stereocenters. The Kier molecular flexibility index (Phi) is 4.93. The van der Waals surface area contributed by atoms with E-state index in [-0.39, 0.29) is 11.9 Å². The standard InChI is InChI=1S/C15H20FNO2/c1-3-17-13(5-4-8-18-2)15-10-11-9-12(16)6-7-14(11)19-15/h6-7,9-10,13,17H,3-5,8H2,1-2H3. The summed E-state index contributed by atoms with van der Waals surface area (Å²) >= 11 is 0. The summed E-state index contributed by atoms with van der Waals surface area (Å²) in [4.78, 5) is 0. The van der Waals surface area contributed by atoms with Crippen LogP contribution in [0.25, 0.3) is 11.0 Å². The molecule has 104 valence electrons. The molecule has 1 heterocycles. The third-order valence-corrected chi connectivity index (χ3v) is 3.13. The molecule has 0 aliphatic rings. The number of methoxy groups -OCH3 is 1. The first kappa shape index (κ1) is 14.0. The fourth-order valence-electron chi connectivity index (χ4n) is 2.23. The van der Waals surface area contributed by atoms with Crippen LogP contribution in [0.5, 0.6) is 0 Å². The maximum Gasteiger partial charge on any atom is 0.134 e. The number of halogens is 1. The molecule has 0 aliphatic carbocycles. The SMILES string of the molecule is CCNC(CCCOC)c1cc2cc(F)ccc2o1. The molecule has 1 N–H and O–H groups in total. The van der Waals surface area contributed by atoms with Crippen LogP contribution in [-0.2, 0) is 4.74 Å². The van der Waals surface area contributed by atoms with E-state index in [1.54, 1.807) is 13.2 Å². The number of nitrogens with one attached hydrogen (secondary N) is 1. The molecule has 0 amide bonds. The molecule has 0 bridgehead atoms. The molecule has 2 rings (SSSR count). The average molecular weight is 265 g/mol. The highest BCUT2D eigenvalue weighted by atomic mass is 19.1. The zero-order chi connectivity index (χ0) is 13.7. The van der Waals surface area contributed by atoms with Crippen molar-refractivity contribution in [1.82, 2.24) is 5.32 Å². The molecule has 1 aromatic heterocycles. The molecular weight excluding hydrogens is 245 g/mol. The highest BCUT2D eigenvalue weighted by molar-refractivity contribution is 5.78. The summed E-state index contributed by atoms with van der Waals surface area (Å²) in [6.45, 7) is 3.66. The fourth-order valence-corrected chi connectivity index (χ4v) is 2.23. The molecule has 0 radical (unpaired) electrons. The van der Waals surface area contributed by atoms with Crippen LogP contribution in [0.3, 0.4) is 0 Å². The lowest BCUT2D eigenvalue weighted by atomic mass is 10.1. The summed E-state index contributed by atoms with van der Waals surface area (Å²) in [6, 6.07) is 6.66. The Balaban J connectivity index is 2.17. The third-order valence-electron chi connectivity index (χ3n) is 3.13. The van der Waals surface area contributed by atoms with Crippen molar-refractivity contribution in [2.45, 2.75) is 25.8 Å². The van der Waals surface area contributed by atoms with Crippen LogP contribution < -0.4 is 5.32 Å². The fraction of sp³-hybridized carbons (Fsp3) is 0.467. The third kappa shape index (κ3) is 3.55. The molecule has 0 fully saturated rings. The van der Waals surface area contributed by atoms with Crippen LogP contribution in [-0.4, -0.2) is 20.3 Å². The zero-order valence-corrected chi connectivity index (χ0v) is 11.4. The lowest BCUT2D eigenvalue weighted by Crippen LogP contribution is -2.20. The average Bonchev–Trinajstić information content (AvgIpc) is 2.80. The number of hydrogen-bond donors (Lipinski definition) is 1. The molecule has 19 heavy (non-hydrogen) atoms. The quantitative estimate of drug-likeness (QED) is 0.776. The second-order valence-corrected chi connectivity index (χ2v) is 4.58. The van der Waals surface area contributed by atoms with Crippen molar-refractivity contribution in [3.05, 3.63) is 35.8 Å². The zero-order valence-electron chi connectivity index (χ0n) is 11.4. The second kappa shape index (κ2) is 6.68. The van der Waals surface area contributed by atoms with Gasteiger partial charge >= 0.3 is 0 Å². The Morgan fingerprint density at radius 1 is 1.37 bits per heavy atom. The largest absolute Gasteiger partial charge is 0.459 e.